The highest BCUT2D eigenvalue weighted by molar-refractivity contribution is 5.67. The van der Waals surface area contributed by atoms with Crippen molar-refractivity contribution < 1.29 is 27.8 Å². The van der Waals surface area contributed by atoms with E-state index in [1.807, 2.05) is 0 Å². The van der Waals surface area contributed by atoms with Crippen LogP contribution in [0.4, 0.5) is 8.78 Å². The average molecular weight is 284 g/mol. The molecule has 106 valence electrons. The molecule has 1 aromatic heterocycles. The summed E-state index contributed by atoms with van der Waals surface area (Å²) in [5.41, 5.74) is 0.0895. The van der Waals surface area contributed by atoms with Gasteiger partial charge in [0, 0.05) is 5.56 Å². The summed E-state index contributed by atoms with van der Waals surface area (Å²) in [5.74, 6) is -2.88. The van der Waals surface area contributed by atoms with Gasteiger partial charge in [0.1, 0.15) is 13.2 Å². The van der Waals surface area contributed by atoms with E-state index in [2.05, 4.69) is 10.2 Å². The lowest BCUT2D eigenvalue weighted by atomic mass is 10.1. The highest BCUT2D eigenvalue weighted by atomic mass is 19.2. The number of aliphatic carboxylic acids is 1. The fourth-order valence-electron chi connectivity index (χ4n) is 1.49. The third-order valence-corrected chi connectivity index (χ3v) is 2.33. The van der Waals surface area contributed by atoms with Crippen molar-refractivity contribution in [1.29, 1.82) is 0 Å². The molecule has 1 N–H and O–H groups in total. The molecule has 20 heavy (non-hydrogen) atoms. The molecule has 8 heteroatoms. The molecule has 1 aromatic carbocycles. The van der Waals surface area contributed by atoms with Gasteiger partial charge in [-0.05, 0) is 6.07 Å². The van der Waals surface area contributed by atoms with Gasteiger partial charge in [0.25, 0.3) is 0 Å². The van der Waals surface area contributed by atoms with Crippen molar-refractivity contribution in [2.45, 2.75) is 13.0 Å². The summed E-state index contributed by atoms with van der Waals surface area (Å²) in [6.07, 6.45) is -0.0600. The van der Waals surface area contributed by atoms with E-state index in [1.165, 1.54) is 12.1 Å². The zero-order valence-electron chi connectivity index (χ0n) is 10.2. The van der Waals surface area contributed by atoms with Gasteiger partial charge in [-0.15, -0.1) is 10.2 Å². The van der Waals surface area contributed by atoms with E-state index in [0.29, 0.717) is 0 Å². The van der Waals surface area contributed by atoms with Gasteiger partial charge < -0.3 is 14.3 Å². The van der Waals surface area contributed by atoms with Crippen LogP contribution >= 0.6 is 0 Å². The molecule has 0 atom stereocenters. The first kappa shape index (κ1) is 14.1. The Morgan fingerprint density at radius 2 is 2.05 bits per heavy atom. The molecule has 2 aromatic rings. The Labute approximate surface area is 112 Å². The smallest absolute Gasteiger partial charge is 0.329 e. The quantitative estimate of drug-likeness (QED) is 0.866. The van der Waals surface area contributed by atoms with Crippen molar-refractivity contribution in [2.75, 3.05) is 6.61 Å². The molecule has 1 heterocycles. The van der Waals surface area contributed by atoms with E-state index in [1.54, 1.807) is 0 Å². The van der Waals surface area contributed by atoms with Gasteiger partial charge >= 0.3 is 5.97 Å². The molecular weight excluding hydrogens is 274 g/mol. The highest BCUT2D eigenvalue weighted by Crippen LogP contribution is 2.15. The first-order valence-corrected chi connectivity index (χ1v) is 5.60. The molecule has 0 bridgehead atoms. The van der Waals surface area contributed by atoms with Crippen LogP contribution in [-0.2, 0) is 22.6 Å². The van der Waals surface area contributed by atoms with Crippen LogP contribution in [0.5, 0.6) is 0 Å². The lowest BCUT2D eigenvalue weighted by Crippen LogP contribution is -2.06. The van der Waals surface area contributed by atoms with Crippen molar-refractivity contribution in [2.24, 2.45) is 0 Å². The molecule has 0 aliphatic rings. The summed E-state index contributed by atoms with van der Waals surface area (Å²) in [7, 11) is 0. The van der Waals surface area contributed by atoms with E-state index in [9.17, 15) is 13.6 Å². The molecule has 2 rings (SSSR count). The molecule has 0 unspecified atom stereocenters. The van der Waals surface area contributed by atoms with E-state index in [0.717, 1.165) is 6.07 Å². The molecule has 0 spiro atoms. The molecule has 0 radical (unpaired) electrons. The Morgan fingerprint density at radius 3 is 2.80 bits per heavy atom. The van der Waals surface area contributed by atoms with Crippen molar-refractivity contribution in [3.05, 3.63) is 47.2 Å². The number of rotatable bonds is 6. The van der Waals surface area contributed by atoms with Crippen molar-refractivity contribution in [1.82, 2.24) is 10.2 Å². The summed E-state index contributed by atoms with van der Waals surface area (Å²) in [4.78, 5) is 10.2. The normalized spacial score (nSPS) is 10.7. The Morgan fingerprint density at radius 1 is 1.30 bits per heavy atom. The average Bonchev–Trinajstić information content (AvgIpc) is 2.82. The number of ether oxygens (including phenoxy) is 1. The van der Waals surface area contributed by atoms with Gasteiger partial charge in [-0.25, -0.2) is 13.6 Å². The second-order valence-electron chi connectivity index (χ2n) is 3.87. The predicted molar refractivity (Wildman–Crippen MR) is 60.8 cm³/mol. The van der Waals surface area contributed by atoms with E-state index >= 15 is 0 Å². The third-order valence-electron chi connectivity index (χ3n) is 2.33. The molecule has 0 amide bonds. The summed E-state index contributed by atoms with van der Waals surface area (Å²) < 4.78 is 36.3. The number of carboxylic acid groups (broad SMARTS) is 1. The Hall–Kier alpha value is -2.35. The number of nitrogens with zero attached hydrogens (tertiary/aromatic N) is 2. The van der Waals surface area contributed by atoms with E-state index in [-0.39, 0.29) is 30.4 Å². The summed E-state index contributed by atoms with van der Waals surface area (Å²) in [6, 6.07) is 3.79. The van der Waals surface area contributed by atoms with Crippen molar-refractivity contribution >= 4 is 5.97 Å². The monoisotopic (exact) mass is 284 g/mol. The fraction of sp³-hybridized carbons (Fsp3) is 0.250. The van der Waals surface area contributed by atoms with Crippen molar-refractivity contribution in [3.8, 4) is 0 Å². The minimum Gasteiger partial charge on any atom is -0.480 e. The number of halogens is 2. The van der Waals surface area contributed by atoms with Crippen LogP contribution in [-0.4, -0.2) is 27.9 Å². The third kappa shape index (κ3) is 3.58. The van der Waals surface area contributed by atoms with Crippen LogP contribution < -0.4 is 0 Å². The van der Waals surface area contributed by atoms with Crippen LogP contribution in [0.2, 0.25) is 0 Å². The molecule has 0 aliphatic heterocycles. The minimum atomic E-state index is -1.12. The highest BCUT2D eigenvalue weighted by Gasteiger charge is 2.13. The largest absolute Gasteiger partial charge is 0.480 e. The van der Waals surface area contributed by atoms with E-state index < -0.39 is 24.2 Å². The molecule has 0 saturated carbocycles. The van der Waals surface area contributed by atoms with Gasteiger partial charge in [-0.1, -0.05) is 12.1 Å². The van der Waals surface area contributed by atoms with Crippen LogP contribution in [0.3, 0.4) is 0 Å². The maximum atomic E-state index is 13.4. The number of carboxylic acids is 1. The minimum absolute atomic E-state index is 0.0600. The lowest BCUT2D eigenvalue weighted by molar-refractivity contribution is -0.142. The second-order valence-corrected chi connectivity index (χ2v) is 3.87. The second kappa shape index (κ2) is 6.20. The molecule has 0 aliphatic carbocycles. The Bertz CT molecular complexity index is 615. The van der Waals surface area contributed by atoms with E-state index in [4.69, 9.17) is 14.3 Å². The van der Waals surface area contributed by atoms with Gasteiger partial charge in [-0.2, -0.15) is 0 Å². The van der Waals surface area contributed by atoms with Gasteiger partial charge in [-0.3, -0.25) is 0 Å². The molecule has 0 saturated heterocycles. The Kier molecular flexibility index (Phi) is 4.36. The molecule has 6 nitrogen and oxygen atoms in total. The molecular formula is C12H10F2N2O4. The standard InChI is InChI=1S/C12H10F2N2O4/c13-8-3-1-2-7(12(8)14)4-9-15-16-10(20-9)5-19-6-11(17)18/h1-3H,4-6H2,(H,17,18). The summed E-state index contributed by atoms with van der Waals surface area (Å²) >= 11 is 0. The number of hydrogen-bond acceptors (Lipinski definition) is 5. The SMILES string of the molecule is O=C(O)COCc1nnc(Cc2cccc(F)c2F)o1. The van der Waals surface area contributed by atoms with Crippen LogP contribution in [0, 0.1) is 11.6 Å². The topological polar surface area (TPSA) is 85.5 Å². The van der Waals surface area contributed by atoms with Crippen molar-refractivity contribution in [3.63, 3.8) is 0 Å². The van der Waals surface area contributed by atoms with Gasteiger partial charge in [0.2, 0.25) is 11.8 Å². The zero-order chi connectivity index (χ0) is 14.5. The molecule has 0 fully saturated rings. The van der Waals surface area contributed by atoms with Gasteiger partial charge in [0.05, 0.1) is 6.42 Å². The maximum Gasteiger partial charge on any atom is 0.329 e. The number of hydrogen-bond donors (Lipinski definition) is 1. The summed E-state index contributed by atoms with van der Waals surface area (Å²) in [6.45, 7) is -0.652. The van der Waals surface area contributed by atoms with Crippen LogP contribution in [0.25, 0.3) is 0 Å². The van der Waals surface area contributed by atoms with Crippen LogP contribution in [0.15, 0.2) is 22.6 Å². The van der Waals surface area contributed by atoms with Crippen LogP contribution in [0.1, 0.15) is 17.3 Å². The summed E-state index contributed by atoms with van der Waals surface area (Å²) in [5, 5.41) is 15.6. The zero-order valence-corrected chi connectivity index (χ0v) is 10.2. The first-order valence-electron chi connectivity index (χ1n) is 5.60. The number of carbonyl (C=O) groups is 1. The predicted octanol–water partition coefficient (Wildman–Crippen LogP) is 1.54. The maximum absolute atomic E-state index is 13.4. The van der Waals surface area contributed by atoms with Gasteiger partial charge in [0.15, 0.2) is 11.6 Å². The number of aromatic nitrogens is 2. The number of benzene rings is 1. The lowest BCUT2D eigenvalue weighted by Gasteiger charge is -2.00. The Balaban J connectivity index is 1.99. The fourth-order valence-corrected chi connectivity index (χ4v) is 1.49. The first-order chi connectivity index (χ1) is 9.56.